The van der Waals surface area contributed by atoms with Gasteiger partial charge in [0.05, 0.1) is 42.2 Å². The van der Waals surface area contributed by atoms with Crippen LogP contribution in [0.4, 0.5) is 5.69 Å². The van der Waals surface area contributed by atoms with Crippen LogP contribution in [0.2, 0.25) is 0 Å². The largest absolute Gasteiger partial charge is 0.468 e. The van der Waals surface area contributed by atoms with Gasteiger partial charge in [0.2, 0.25) is 11.8 Å². The number of amides is 2. The van der Waals surface area contributed by atoms with E-state index in [1.165, 1.54) is 19.2 Å². The lowest BCUT2D eigenvalue weighted by molar-refractivity contribution is -0.150. The lowest BCUT2D eigenvalue weighted by Crippen LogP contribution is -2.44. The molecule has 1 aliphatic heterocycles. The maximum atomic E-state index is 12.9. The maximum Gasteiger partial charge on any atom is 0.337 e. The average Bonchev–Trinajstić information content (AvgIpc) is 2.90. The molecule has 2 N–H and O–H groups in total. The van der Waals surface area contributed by atoms with Crippen LogP contribution in [-0.2, 0) is 30.3 Å². The molecule has 0 aliphatic carbocycles. The molecule has 2 aromatic rings. The number of anilines is 1. The van der Waals surface area contributed by atoms with Gasteiger partial charge in [0, 0.05) is 11.6 Å². The van der Waals surface area contributed by atoms with E-state index in [1.807, 2.05) is 25.1 Å². The number of hydrogen-bond donors (Lipinski definition) is 2. The van der Waals surface area contributed by atoms with Crippen LogP contribution in [0.25, 0.3) is 0 Å². The standard InChI is InChI=1S/C26H25N3O6S/c1-4-15-7-5-6-8-19(15)28-20(30)14-36-24-18(13-27)21(22(23(31)29-24)26(33)35-3)16-9-11-17(12-10-16)25(32)34-2/h5-12,21-22H,4,14H2,1-3H3,(H,28,30)(H,29,31)/t21-,22+/m0/s1. The Kier molecular flexibility index (Phi) is 8.86. The van der Waals surface area contributed by atoms with Gasteiger partial charge in [-0.15, -0.1) is 0 Å². The van der Waals surface area contributed by atoms with Gasteiger partial charge in [0.15, 0.2) is 0 Å². The number of ether oxygens (including phenoxy) is 2. The van der Waals surface area contributed by atoms with Crippen molar-refractivity contribution in [3.05, 3.63) is 75.8 Å². The number of methoxy groups -OCH3 is 2. The second kappa shape index (κ2) is 12.0. The van der Waals surface area contributed by atoms with Crippen molar-refractivity contribution in [2.45, 2.75) is 19.3 Å². The van der Waals surface area contributed by atoms with Gasteiger partial charge in [-0.25, -0.2) is 4.79 Å². The second-order valence-electron chi connectivity index (χ2n) is 7.78. The fourth-order valence-corrected chi connectivity index (χ4v) is 4.75. The van der Waals surface area contributed by atoms with Crippen LogP contribution in [0, 0.1) is 17.2 Å². The van der Waals surface area contributed by atoms with Gasteiger partial charge in [0.25, 0.3) is 0 Å². The first-order valence-electron chi connectivity index (χ1n) is 11.1. The number of nitrogens with zero attached hydrogens (tertiary/aromatic N) is 1. The highest BCUT2D eigenvalue weighted by atomic mass is 32.2. The Labute approximate surface area is 212 Å². The van der Waals surface area contributed by atoms with Crippen molar-refractivity contribution >= 4 is 41.2 Å². The Morgan fingerprint density at radius 3 is 2.39 bits per heavy atom. The minimum atomic E-state index is -1.32. The van der Waals surface area contributed by atoms with E-state index in [0.29, 0.717) is 11.3 Å². The van der Waals surface area contributed by atoms with Crippen LogP contribution in [0.3, 0.4) is 0 Å². The van der Waals surface area contributed by atoms with Gasteiger partial charge in [-0.2, -0.15) is 5.26 Å². The van der Waals surface area contributed by atoms with E-state index in [1.54, 1.807) is 18.2 Å². The summed E-state index contributed by atoms with van der Waals surface area (Å²) in [5.41, 5.74) is 2.53. The second-order valence-corrected chi connectivity index (χ2v) is 8.77. The summed E-state index contributed by atoms with van der Waals surface area (Å²) in [5.74, 6) is -4.67. The van der Waals surface area contributed by atoms with Gasteiger partial charge < -0.3 is 20.1 Å². The first kappa shape index (κ1) is 26.5. The Balaban J connectivity index is 1.91. The molecule has 9 nitrogen and oxygen atoms in total. The molecule has 186 valence electrons. The number of thioether (sulfide) groups is 1. The monoisotopic (exact) mass is 507 g/mol. The number of para-hydroxylation sites is 1. The quantitative estimate of drug-likeness (QED) is 0.411. The van der Waals surface area contributed by atoms with Crippen LogP contribution in [0.5, 0.6) is 0 Å². The zero-order valence-corrected chi connectivity index (χ0v) is 20.8. The van der Waals surface area contributed by atoms with Gasteiger partial charge in [0.1, 0.15) is 5.92 Å². The molecule has 3 rings (SSSR count). The predicted molar refractivity (Wildman–Crippen MR) is 134 cm³/mol. The van der Waals surface area contributed by atoms with Crippen molar-refractivity contribution in [3.8, 4) is 6.07 Å². The van der Waals surface area contributed by atoms with E-state index in [0.717, 1.165) is 30.9 Å². The van der Waals surface area contributed by atoms with Crippen LogP contribution < -0.4 is 10.6 Å². The third-order valence-electron chi connectivity index (χ3n) is 5.69. The molecule has 0 saturated heterocycles. The van der Waals surface area contributed by atoms with Crippen LogP contribution >= 0.6 is 11.8 Å². The average molecular weight is 508 g/mol. The first-order chi connectivity index (χ1) is 17.3. The van der Waals surface area contributed by atoms with E-state index >= 15 is 0 Å². The minimum Gasteiger partial charge on any atom is -0.468 e. The van der Waals surface area contributed by atoms with Crippen molar-refractivity contribution in [2.75, 3.05) is 25.3 Å². The fourth-order valence-electron chi connectivity index (χ4n) is 3.90. The summed E-state index contributed by atoms with van der Waals surface area (Å²) in [6, 6.07) is 15.6. The van der Waals surface area contributed by atoms with Gasteiger partial charge >= 0.3 is 11.9 Å². The Bertz CT molecular complexity index is 1250. The summed E-state index contributed by atoms with van der Waals surface area (Å²) < 4.78 is 9.54. The molecule has 0 spiro atoms. The van der Waals surface area contributed by atoms with Crippen LogP contribution in [-0.4, -0.2) is 43.7 Å². The smallest absolute Gasteiger partial charge is 0.337 e. The lowest BCUT2D eigenvalue weighted by atomic mass is 9.78. The highest BCUT2D eigenvalue weighted by Crippen LogP contribution is 2.40. The molecule has 2 atom stereocenters. The Morgan fingerprint density at radius 1 is 1.08 bits per heavy atom. The predicted octanol–water partition coefficient (Wildman–Crippen LogP) is 3.15. The first-order valence-corrected chi connectivity index (χ1v) is 12.0. The number of nitrogens with one attached hydrogen (secondary N) is 2. The molecule has 0 bridgehead atoms. The van der Waals surface area contributed by atoms with E-state index in [-0.39, 0.29) is 27.8 Å². The van der Waals surface area contributed by atoms with Crippen LogP contribution in [0.1, 0.15) is 34.3 Å². The van der Waals surface area contributed by atoms with Crippen LogP contribution in [0.15, 0.2) is 59.1 Å². The third kappa shape index (κ3) is 5.75. The number of nitriles is 1. The van der Waals surface area contributed by atoms with Crippen molar-refractivity contribution in [1.29, 1.82) is 5.26 Å². The molecule has 2 aromatic carbocycles. The van der Waals surface area contributed by atoms with Crippen molar-refractivity contribution in [2.24, 2.45) is 5.92 Å². The number of benzene rings is 2. The summed E-state index contributed by atoms with van der Waals surface area (Å²) in [6.07, 6.45) is 0.745. The summed E-state index contributed by atoms with van der Waals surface area (Å²) in [4.78, 5) is 49.9. The molecule has 2 amide bonds. The highest BCUT2D eigenvalue weighted by Gasteiger charge is 2.44. The van der Waals surface area contributed by atoms with Gasteiger partial charge in [-0.3, -0.25) is 14.4 Å². The maximum absolute atomic E-state index is 12.9. The summed E-state index contributed by atoms with van der Waals surface area (Å²) >= 11 is 0.993. The number of aryl methyl sites for hydroxylation is 1. The van der Waals surface area contributed by atoms with Gasteiger partial charge in [-0.1, -0.05) is 49.0 Å². The molecule has 0 unspecified atom stereocenters. The summed E-state index contributed by atoms with van der Waals surface area (Å²) in [6.45, 7) is 1.98. The van der Waals surface area contributed by atoms with E-state index in [2.05, 4.69) is 16.7 Å². The number of hydrogen-bond acceptors (Lipinski definition) is 8. The molecular formula is C26H25N3O6S. The molecule has 0 radical (unpaired) electrons. The molecule has 10 heteroatoms. The zero-order valence-electron chi connectivity index (χ0n) is 20.0. The number of allylic oxidation sites excluding steroid dienone is 1. The van der Waals surface area contributed by atoms with Crippen molar-refractivity contribution in [3.63, 3.8) is 0 Å². The molecular weight excluding hydrogens is 482 g/mol. The highest BCUT2D eigenvalue weighted by molar-refractivity contribution is 8.03. The lowest BCUT2D eigenvalue weighted by Gasteiger charge is -2.31. The van der Waals surface area contributed by atoms with Crippen molar-refractivity contribution in [1.82, 2.24) is 5.32 Å². The Hall–Kier alpha value is -4.10. The minimum absolute atomic E-state index is 0.0737. The van der Waals surface area contributed by atoms with E-state index in [9.17, 15) is 24.4 Å². The fraction of sp³-hybridized carbons (Fsp3) is 0.269. The zero-order chi connectivity index (χ0) is 26.2. The van der Waals surface area contributed by atoms with Crippen molar-refractivity contribution < 1.29 is 28.7 Å². The Morgan fingerprint density at radius 2 is 1.78 bits per heavy atom. The molecule has 0 aromatic heterocycles. The number of carbonyl (C=O) groups excluding carboxylic acids is 4. The molecule has 1 aliphatic rings. The molecule has 0 saturated carbocycles. The number of rotatable bonds is 8. The summed E-state index contributed by atoms with van der Waals surface area (Å²) in [5, 5.41) is 15.6. The molecule has 36 heavy (non-hydrogen) atoms. The number of esters is 2. The summed E-state index contributed by atoms with van der Waals surface area (Å²) in [7, 11) is 2.41. The molecule has 1 heterocycles. The number of carbonyl (C=O) groups is 4. The third-order valence-corrected chi connectivity index (χ3v) is 6.71. The van der Waals surface area contributed by atoms with Gasteiger partial charge in [-0.05, 0) is 35.7 Å². The van der Waals surface area contributed by atoms with E-state index < -0.39 is 29.7 Å². The topological polar surface area (TPSA) is 135 Å². The SMILES string of the molecule is CCc1ccccc1NC(=O)CSC1=C(C#N)[C@H](c2ccc(C(=O)OC)cc2)[C@@H](C(=O)OC)C(=O)N1. The molecule has 0 fully saturated rings. The van der Waals surface area contributed by atoms with E-state index in [4.69, 9.17) is 9.47 Å². The normalized spacial score (nSPS) is 17.0.